The van der Waals surface area contributed by atoms with Crippen molar-refractivity contribution >= 4 is 17.7 Å². The van der Waals surface area contributed by atoms with Crippen LogP contribution in [0.15, 0.2) is 23.2 Å². The van der Waals surface area contributed by atoms with Crippen molar-refractivity contribution in [2.24, 2.45) is 4.99 Å². The first-order chi connectivity index (χ1) is 11.5. The second kappa shape index (κ2) is 8.51. The molecule has 1 aromatic rings. The molecule has 1 fully saturated rings. The summed E-state index contributed by atoms with van der Waals surface area (Å²) in [5, 5.41) is 3.49. The van der Waals surface area contributed by atoms with Gasteiger partial charge in [0.2, 0.25) is 0 Å². The number of methoxy groups -OCH3 is 2. The van der Waals surface area contributed by atoms with Gasteiger partial charge in [-0.25, -0.2) is 0 Å². The molecule has 134 valence electrons. The molecule has 0 atom stereocenters. The Morgan fingerprint density at radius 3 is 2.67 bits per heavy atom. The third-order valence-electron chi connectivity index (χ3n) is 4.08. The molecule has 1 aromatic carbocycles. The first kappa shape index (κ1) is 18.8. The predicted octanol–water partition coefficient (Wildman–Crippen LogP) is 2.65. The molecule has 0 saturated carbocycles. The lowest BCUT2D eigenvalue weighted by atomic mass is 10.1. The van der Waals surface area contributed by atoms with Crippen molar-refractivity contribution in [1.29, 1.82) is 0 Å². The molecule has 0 radical (unpaired) electrons. The Morgan fingerprint density at radius 1 is 1.29 bits per heavy atom. The van der Waals surface area contributed by atoms with Crippen molar-refractivity contribution in [2.75, 3.05) is 46.7 Å². The minimum atomic E-state index is 0.277. The zero-order valence-electron chi connectivity index (χ0n) is 15.4. The maximum absolute atomic E-state index is 5.36. The maximum atomic E-state index is 5.36. The number of benzene rings is 1. The molecule has 1 heterocycles. The van der Waals surface area contributed by atoms with E-state index >= 15 is 0 Å². The van der Waals surface area contributed by atoms with Gasteiger partial charge in [0.05, 0.1) is 14.2 Å². The van der Waals surface area contributed by atoms with E-state index in [0.717, 1.165) is 49.3 Å². The summed E-state index contributed by atoms with van der Waals surface area (Å²) in [5.41, 5.74) is 1.21. The largest absolute Gasteiger partial charge is 0.493 e. The molecule has 0 bridgehead atoms. The fourth-order valence-corrected chi connectivity index (χ4v) is 4.00. The van der Waals surface area contributed by atoms with Crippen LogP contribution in [0.25, 0.3) is 0 Å². The predicted molar refractivity (Wildman–Crippen MR) is 103 cm³/mol. The Kier molecular flexibility index (Phi) is 6.66. The highest BCUT2D eigenvalue weighted by atomic mass is 32.2. The van der Waals surface area contributed by atoms with Crippen molar-refractivity contribution in [1.82, 2.24) is 10.2 Å². The summed E-state index contributed by atoms with van der Waals surface area (Å²) >= 11 is 2.03. The van der Waals surface area contributed by atoms with E-state index < -0.39 is 0 Å². The van der Waals surface area contributed by atoms with E-state index in [0.29, 0.717) is 0 Å². The number of ether oxygens (including phenoxy) is 2. The minimum Gasteiger partial charge on any atom is -0.493 e. The summed E-state index contributed by atoms with van der Waals surface area (Å²) < 4.78 is 10.9. The molecule has 2 rings (SSSR count). The van der Waals surface area contributed by atoms with Crippen molar-refractivity contribution in [3.63, 3.8) is 0 Å². The van der Waals surface area contributed by atoms with Gasteiger partial charge in [-0.2, -0.15) is 11.8 Å². The fourth-order valence-electron chi connectivity index (χ4n) is 2.88. The zero-order chi connectivity index (χ0) is 17.6. The number of hydrogen-bond donors (Lipinski definition) is 1. The molecule has 0 amide bonds. The molecular weight excluding hydrogens is 322 g/mol. The van der Waals surface area contributed by atoms with Crippen LogP contribution < -0.4 is 14.8 Å². The van der Waals surface area contributed by atoms with Crippen molar-refractivity contribution in [2.45, 2.75) is 25.0 Å². The average molecular weight is 352 g/mol. The number of hydrogen-bond acceptors (Lipinski definition) is 4. The minimum absolute atomic E-state index is 0.277. The first-order valence-electron chi connectivity index (χ1n) is 8.29. The highest BCUT2D eigenvalue weighted by Gasteiger charge is 2.28. The van der Waals surface area contributed by atoms with Gasteiger partial charge in [-0.1, -0.05) is 6.07 Å². The van der Waals surface area contributed by atoms with Crippen molar-refractivity contribution in [3.8, 4) is 11.5 Å². The number of nitrogens with one attached hydrogen (secondary N) is 1. The summed E-state index contributed by atoms with van der Waals surface area (Å²) in [5.74, 6) is 3.67. The highest BCUT2D eigenvalue weighted by Crippen LogP contribution is 2.29. The monoisotopic (exact) mass is 351 g/mol. The van der Waals surface area contributed by atoms with E-state index in [2.05, 4.69) is 35.1 Å². The van der Waals surface area contributed by atoms with E-state index in [4.69, 9.17) is 9.47 Å². The van der Waals surface area contributed by atoms with Crippen LogP contribution in [0.3, 0.4) is 0 Å². The molecule has 24 heavy (non-hydrogen) atoms. The van der Waals surface area contributed by atoms with Crippen molar-refractivity contribution in [3.05, 3.63) is 23.8 Å². The summed E-state index contributed by atoms with van der Waals surface area (Å²) in [6.45, 7) is 7.49. The van der Waals surface area contributed by atoms with Gasteiger partial charge in [-0.05, 0) is 38.0 Å². The molecule has 6 heteroatoms. The molecule has 1 saturated heterocycles. The topological polar surface area (TPSA) is 46.1 Å². The number of rotatable bonds is 5. The van der Waals surface area contributed by atoms with E-state index in [1.54, 1.807) is 14.2 Å². The molecular formula is C18H29N3O2S. The summed E-state index contributed by atoms with van der Waals surface area (Å²) in [6.07, 6.45) is 0.908. The molecule has 0 aromatic heterocycles. The van der Waals surface area contributed by atoms with Gasteiger partial charge in [0.25, 0.3) is 0 Å². The van der Waals surface area contributed by atoms with Crippen LogP contribution >= 0.6 is 11.8 Å². The highest BCUT2D eigenvalue weighted by molar-refractivity contribution is 8.00. The summed E-state index contributed by atoms with van der Waals surface area (Å²) in [6, 6.07) is 6.06. The number of guanidine groups is 1. The smallest absolute Gasteiger partial charge is 0.193 e. The average Bonchev–Trinajstić information content (AvgIpc) is 2.57. The molecule has 1 N–H and O–H groups in total. The van der Waals surface area contributed by atoms with Crippen LogP contribution in [-0.2, 0) is 6.42 Å². The molecule has 0 unspecified atom stereocenters. The molecule has 1 aliphatic heterocycles. The molecule has 5 nitrogen and oxygen atoms in total. The zero-order valence-corrected chi connectivity index (χ0v) is 16.2. The van der Waals surface area contributed by atoms with Crippen molar-refractivity contribution < 1.29 is 9.47 Å². The standard InChI is InChI=1S/C18H29N3O2S/c1-18(2)13-21(10-11-24-18)17(19-3)20-9-8-14-6-7-15(22-4)16(12-14)23-5/h6-7,12H,8-11,13H2,1-5H3,(H,19,20). The second-order valence-corrected chi connectivity index (χ2v) is 8.25. The van der Waals surface area contributed by atoms with Gasteiger partial charge in [0, 0.05) is 37.2 Å². The third-order valence-corrected chi connectivity index (χ3v) is 5.38. The first-order valence-corrected chi connectivity index (χ1v) is 9.28. The number of nitrogens with zero attached hydrogens (tertiary/aromatic N) is 2. The van der Waals surface area contributed by atoms with Crippen LogP contribution in [0.5, 0.6) is 11.5 Å². The summed E-state index contributed by atoms with van der Waals surface area (Å²) in [7, 11) is 5.17. The second-order valence-electron chi connectivity index (χ2n) is 6.44. The van der Waals surface area contributed by atoms with Crippen LogP contribution in [0.4, 0.5) is 0 Å². The van der Waals surface area contributed by atoms with Gasteiger partial charge in [0.15, 0.2) is 17.5 Å². The van der Waals surface area contributed by atoms with E-state index in [1.807, 2.05) is 30.9 Å². The van der Waals surface area contributed by atoms with Gasteiger partial charge in [-0.15, -0.1) is 0 Å². The third kappa shape index (κ3) is 4.97. The van der Waals surface area contributed by atoms with E-state index in [1.165, 1.54) is 5.56 Å². The van der Waals surface area contributed by atoms with E-state index in [9.17, 15) is 0 Å². The Hall–Kier alpha value is -1.56. The molecule has 0 spiro atoms. The fraction of sp³-hybridized carbons (Fsp3) is 0.611. The van der Waals surface area contributed by atoms with Gasteiger partial charge in [0.1, 0.15) is 0 Å². The van der Waals surface area contributed by atoms with Crippen LogP contribution in [0, 0.1) is 0 Å². The lowest BCUT2D eigenvalue weighted by Crippen LogP contribution is -2.51. The Balaban J connectivity index is 1.90. The lowest BCUT2D eigenvalue weighted by molar-refractivity contribution is 0.354. The maximum Gasteiger partial charge on any atom is 0.193 e. The van der Waals surface area contributed by atoms with Gasteiger partial charge < -0.3 is 19.7 Å². The Bertz CT molecular complexity index is 575. The normalized spacial score (nSPS) is 17.5. The van der Waals surface area contributed by atoms with Crippen LogP contribution in [0.2, 0.25) is 0 Å². The Labute approximate surface area is 149 Å². The lowest BCUT2D eigenvalue weighted by Gasteiger charge is -2.39. The number of aliphatic imine (C=N–C) groups is 1. The van der Waals surface area contributed by atoms with Gasteiger partial charge in [-0.3, -0.25) is 4.99 Å². The quantitative estimate of drug-likeness (QED) is 0.653. The molecule has 1 aliphatic rings. The summed E-state index contributed by atoms with van der Waals surface area (Å²) in [4.78, 5) is 6.80. The number of thioether (sulfide) groups is 1. The van der Waals surface area contributed by atoms with Gasteiger partial charge >= 0.3 is 0 Å². The van der Waals surface area contributed by atoms with E-state index in [-0.39, 0.29) is 4.75 Å². The SMILES string of the molecule is CN=C(NCCc1ccc(OC)c(OC)c1)N1CCSC(C)(C)C1. The van der Waals surface area contributed by atoms with Crippen LogP contribution in [-0.4, -0.2) is 62.3 Å². The Morgan fingerprint density at radius 2 is 2.04 bits per heavy atom. The molecule has 0 aliphatic carbocycles. The van der Waals surface area contributed by atoms with Crippen LogP contribution in [0.1, 0.15) is 19.4 Å².